The van der Waals surface area contributed by atoms with Crippen molar-refractivity contribution < 1.29 is 14.3 Å². The Morgan fingerprint density at radius 2 is 2.06 bits per heavy atom. The van der Waals surface area contributed by atoms with Gasteiger partial charge in [0.15, 0.2) is 0 Å². The number of rotatable bonds is 6. The summed E-state index contributed by atoms with van der Waals surface area (Å²) >= 11 is 0. The summed E-state index contributed by atoms with van der Waals surface area (Å²) in [6, 6.07) is 6.57. The van der Waals surface area contributed by atoms with E-state index in [4.69, 9.17) is 5.11 Å². The molecule has 3 nitrogen and oxygen atoms in total. The highest BCUT2D eigenvalue weighted by Crippen LogP contribution is 2.17. The van der Waals surface area contributed by atoms with E-state index in [1.165, 1.54) is 6.07 Å². The zero-order valence-electron chi connectivity index (χ0n) is 9.32. The molecule has 0 fully saturated rings. The van der Waals surface area contributed by atoms with Crippen LogP contribution < -0.4 is 4.90 Å². The third-order valence-electron chi connectivity index (χ3n) is 2.40. The molecule has 0 heterocycles. The lowest BCUT2D eigenvalue weighted by Crippen LogP contribution is -2.19. The van der Waals surface area contributed by atoms with E-state index >= 15 is 0 Å². The van der Waals surface area contributed by atoms with Crippen LogP contribution >= 0.6 is 0 Å². The molecule has 0 bridgehead atoms. The van der Waals surface area contributed by atoms with E-state index < -0.39 is 5.97 Å². The van der Waals surface area contributed by atoms with E-state index in [0.29, 0.717) is 18.7 Å². The van der Waals surface area contributed by atoms with Gasteiger partial charge in [0.05, 0.1) is 5.69 Å². The molecule has 0 aliphatic carbocycles. The van der Waals surface area contributed by atoms with Gasteiger partial charge in [-0.1, -0.05) is 12.1 Å². The van der Waals surface area contributed by atoms with Crippen molar-refractivity contribution in [2.45, 2.75) is 19.3 Å². The van der Waals surface area contributed by atoms with Crippen LogP contribution in [0, 0.1) is 5.82 Å². The van der Waals surface area contributed by atoms with E-state index in [-0.39, 0.29) is 12.2 Å². The Morgan fingerprint density at radius 1 is 1.38 bits per heavy atom. The molecule has 0 saturated carbocycles. The van der Waals surface area contributed by atoms with Gasteiger partial charge < -0.3 is 10.0 Å². The van der Waals surface area contributed by atoms with Crippen molar-refractivity contribution in [3.63, 3.8) is 0 Å². The number of benzene rings is 1. The number of carbonyl (C=O) groups is 1. The van der Waals surface area contributed by atoms with Gasteiger partial charge in [-0.05, 0) is 25.0 Å². The molecule has 0 radical (unpaired) electrons. The van der Waals surface area contributed by atoms with Crippen LogP contribution in [0.4, 0.5) is 10.1 Å². The number of halogens is 1. The molecule has 0 saturated heterocycles. The van der Waals surface area contributed by atoms with Crippen LogP contribution in [0.5, 0.6) is 0 Å². The largest absolute Gasteiger partial charge is 0.481 e. The summed E-state index contributed by atoms with van der Waals surface area (Å²) in [6.45, 7) is 0.661. The molecular formula is C12H16FNO2. The predicted octanol–water partition coefficient (Wildman–Crippen LogP) is 2.52. The first-order valence-corrected chi connectivity index (χ1v) is 5.28. The van der Waals surface area contributed by atoms with Gasteiger partial charge in [-0.2, -0.15) is 0 Å². The molecule has 4 heteroatoms. The number of hydrogen-bond acceptors (Lipinski definition) is 2. The van der Waals surface area contributed by atoms with E-state index in [9.17, 15) is 9.18 Å². The highest BCUT2D eigenvalue weighted by molar-refractivity contribution is 5.66. The zero-order chi connectivity index (χ0) is 12.0. The van der Waals surface area contributed by atoms with E-state index in [1.54, 1.807) is 30.1 Å². The van der Waals surface area contributed by atoms with Gasteiger partial charge >= 0.3 is 5.97 Å². The maximum absolute atomic E-state index is 13.3. The molecule has 1 rings (SSSR count). The second-order valence-electron chi connectivity index (χ2n) is 3.72. The van der Waals surface area contributed by atoms with Crippen LogP contribution in [0.25, 0.3) is 0 Å². The number of anilines is 1. The van der Waals surface area contributed by atoms with Crippen molar-refractivity contribution in [2.24, 2.45) is 0 Å². The molecule has 0 aliphatic rings. The van der Waals surface area contributed by atoms with Gasteiger partial charge in [0, 0.05) is 20.0 Å². The minimum atomic E-state index is -0.784. The molecule has 0 unspecified atom stereocenters. The fourth-order valence-electron chi connectivity index (χ4n) is 1.51. The van der Waals surface area contributed by atoms with Crippen LogP contribution in [0.2, 0.25) is 0 Å². The van der Waals surface area contributed by atoms with Crippen molar-refractivity contribution in [3.05, 3.63) is 30.1 Å². The summed E-state index contributed by atoms with van der Waals surface area (Å²) in [5.74, 6) is -1.03. The fraction of sp³-hybridized carbons (Fsp3) is 0.417. The number of nitrogens with zero attached hydrogens (tertiary/aromatic N) is 1. The summed E-state index contributed by atoms with van der Waals surface area (Å²) < 4.78 is 13.3. The summed E-state index contributed by atoms with van der Waals surface area (Å²) in [5.41, 5.74) is 0.554. The Labute approximate surface area is 94.5 Å². The molecule has 0 atom stereocenters. The molecular weight excluding hydrogens is 209 g/mol. The van der Waals surface area contributed by atoms with Crippen molar-refractivity contribution in [3.8, 4) is 0 Å². The predicted molar refractivity (Wildman–Crippen MR) is 61.2 cm³/mol. The minimum Gasteiger partial charge on any atom is -0.481 e. The topological polar surface area (TPSA) is 40.5 Å². The third-order valence-corrected chi connectivity index (χ3v) is 2.40. The molecule has 0 amide bonds. The number of carboxylic acids is 1. The van der Waals surface area contributed by atoms with Crippen molar-refractivity contribution in [1.29, 1.82) is 0 Å². The second kappa shape index (κ2) is 6.10. The average molecular weight is 225 g/mol. The highest BCUT2D eigenvalue weighted by atomic mass is 19.1. The number of carboxylic acid groups (broad SMARTS) is 1. The van der Waals surface area contributed by atoms with Gasteiger partial charge in [-0.25, -0.2) is 4.39 Å². The summed E-state index contributed by atoms with van der Waals surface area (Å²) in [6.07, 6.45) is 1.54. The first kappa shape index (κ1) is 12.5. The molecule has 88 valence electrons. The smallest absolute Gasteiger partial charge is 0.303 e. The van der Waals surface area contributed by atoms with Gasteiger partial charge in [-0.15, -0.1) is 0 Å². The average Bonchev–Trinajstić information content (AvgIpc) is 2.24. The second-order valence-corrected chi connectivity index (χ2v) is 3.72. The molecule has 0 spiro atoms. The standard InChI is InChI=1S/C12H16FNO2/c1-14(9-5-4-8-12(15)16)11-7-3-2-6-10(11)13/h2-3,6-7H,4-5,8-9H2,1H3,(H,15,16). The number of para-hydroxylation sites is 1. The number of unbranched alkanes of at least 4 members (excludes halogenated alkanes) is 1. The summed E-state index contributed by atoms with van der Waals surface area (Å²) in [4.78, 5) is 12.1. The number of aliphatic carboxylic acids is 1. The Balaban J connectivity index is 2.38. The summed E-state index contributed by atoms with van der Waals surface area (Å²) in [5, 5.41) is 8.47. The lowest BCUT2D eigenvalue weighted by atomic mass is 10.2. The van der Waals surface area contributed by atoms with Gasteiger partial charge in [-0.3, -0.25) is 4.79 Å². The zero-order valence-corrected chi connectivity index (χ0v) is 9.32. The summed E-state index contributed by atoms with van der Waals surface area (Å²) in [7, 11) is 1.80. The Morgan fingerprint density at radius 3 is 2.69 bits per heavy atom. The van der Waals surface area contributed by atoms with E-state index in [0.717, 1.165) is 6.42 Å². The quantitative estimate of drug-likeness (QED) is 0.756. The number of hydrogen-bond donors (Lipinski definition) is 1. The maximum atomic E-state index is 13.3. The van der Waals surface area contributed by atoms with Gasteiger partial charge in [0.1, 0.15) is 5.82 Å². The Bertz CT molecular complexity index is 355. The lowest BCUT2D eigenvalue weighted by Gasteiger charge is -2.19. The van der Waals surface area contributed by atoms with Crippen LogP contribution in [-0.2, 0) is 4.79 Å². The van der Waals surface area contributed by atoms with Crippen molar-refractivity contribution >= 4 is 11.7 Å². The van der Waals surface area contributed by atoms with Crippen LogP contribution in [-0.4, -0.2) is 24.7 Å². The Kier molecular flexibility index (Phi) is 4.76. The van der Waals surface area contributed by atoms with Crippen molar-refractivity contribution in [1.82, 2.24) is 0 Å². The molecule has 1 aromatic rings. The van der Waals surface area contributed by atoms with Crippen LogP contribution in [0.3, 0.4) is 0 Å². The maximum Gasteiger partial charge on any atom is 0.303 e. The third kappa shape index (κ3) is 3.88. The SMILES string of the molecule is CN(CCCCC(=O)O)c1ccccc1F. The molecule has 1 aromatic carbocycles. The Hall–Kier alpha value is -1.58. The van der Waals surface area contributed by atoms with E-state index in [1.807, 2.05) is 0 Å². The monoisotopic (exact) mass is 225 g/mol. The van der Waals surface area contributed by atoms with Crippen LogP contribution in [0.1, 0.15) is 19.3 Å². The molecule has 1 N–H and O–H groups in total. The van der Waals surface area contributed by atoms with Crippen LogP contribution in [0.15, 0.2) is 24.3 Å². The fourth-order valence-corrected chi connectivity index (χ4v) is 1.51. The van der Waals surface area contributed by atoms with Gasteiger partial charge in [0.25, 0.3) is 0 Å². The first-order valence-electron chi connectivity index (χ1n) is 5.28. The van der Waals surface area contributed by atoms with Gasteiger partial charge in [0.2, 0.25) is 0 Å². The normalized spacial score (nSPS) is 10.1. The molecule has 0 aromatic heterocycles. The molecule has 0 aliphatic heterocycles. The first-order chi connectivity index (χ1) is 7.61. The van der Waals surface area contributed by atoms with E-state index in [2.05, 4.69) is 0 Å². The minimum absolute atomic E-state index is 0.172. The van der Waals surface area contributed by atoms with Crippen molar-refractivity contribution in [2.75, 3.05) is 18.5 Å². The highest BCUT2D eigenvalue weighted by Gasteiger charge is 2.06. The lowest BCUT2D eigenvalue weighted by molar-refractivity contribution is -0.137. The molecule has 16 heavy (non-hydrogen) atoms.